The molecular formula is C19H23N3O2S. The minimum atomic E-state index is -0.0657. The maximum absolute atomic E-state index is 12.7. The van der Waals surface area contributed by atoms with Crippen LogP contribution in [0.1, 0.15) is 24.3 Å². The van der Waals surface area contributed by atoms with Gasteiger partial charge in [0.2, 0.25) is 11.8 Å². The summed E-state index contributed by atoms with van der Waals surface area (Å²) in [5.41, 5.74) is 2.12. The zero-order chi connectivity index (χ0) is 18.0. The van der Waals surface area contributed by atoms with E-state index < -0.39 is 0 Å². The average Bonchev–Trinajstić information content (AvgIpc) is 2.94. The quantitative estimate of drug-likeness (QED) is 0.914. The first-order valence-corrected chi connectivity index (χ1v) is 9.22. The van der Waals surface area contributed by atoms with Crippen LogP contribution < -0.4 is 10.2 Å². The van der Waals surface area contributed by atoms with Gasteiger partial charge in [-0.05, 0) is 37.6 Å². The third kappa shape index (κ3) is 4.08. The topological polar surface area (TPSA) is 52.7 Å². The van der Waals surface area contributed by atoms with Gasteiger partial charge in [0, 0.05) is 36.6 Å². The highest BCUT2D eigenvalue weighted by molar-refractivity contribution is 7.16. The van der Waals surface area contributed by atoms with Crippen molar-refractivity contribution in [3.63, 3.8) is 0 Å². The zero-order valence-corrected chi connectivity index (χ0v) is 15.6. The van der Waals surface area contributed by atoms with Gasteiger partial charge in [-0.15, -0.1) is 11.3 Å². The molecular weight excluding hydrogens is 334 g/mol. The number of aryl methyl sites for hydroxylation is 1. The lowest BCUT2D eigenvalue weighted by atomic mass is 10.1. The van der Waals surface area contributed by atoms with E-state index >= 15 is 0 Å². The summed E-state index contributed by atoms with van der Waals surface area (Å²) in [4.78, 5) is 29.1. The number of nitrogens with one attached hydrogen (secondary N) is 1. The van der Waals surface area contributed by atoms with Crippen LogP contribution in [0.2, 0.25) is 0 Å². The van der Waals surface area contributed by atoms with Gasteiger partial charge in [0.15, 0.2) is 0 Å². The van der Waals surface area contributed by atoms with E-state index in [9.17, 15) is 9.59 Å². The fourth-order valence-electron chi connectivity index (χ4n) is 3.28. The number of rotatable bonds is 4. The summed E-state index contributed by atoms with van der Waals surface area (Å²) in [5.74, 6) is 0.0655. The van der Waals surface area contributed by atoms with Crippen molar-refractivity contribution < 1.29 is 9.59 Å². The van der Waals surface area contributed by atoms with Crippen molar-refractivity contribution in [1.82, 2.24) is 4.90 Å². The van der Waals surface area contributed by atoms with Gasteiger partial charge in [-0.3, -0.25) is 14.5 Å². The molecule has 3 rings (SSSR count). The molecule has 0 spiro atoms. The molecule has 2 aromatic rings. The highest BCUT2D eigenvalue weighted by Crippen LogP contribution is 2.27. The van der Waals surface area contributed by atoms with Crippen molar-refractivity contribution in [2.75, 3.05) is 23.3 Å². The number of piperazine rings is 1. The van der Waals surface area contributed by atoms with Gasteiger partial charge < -0.3 is 10.2 Å². The number of anilines is 2. The average molecular weight is 357 g/mol. The van der Waals surface area contributed by atoms with Crippen LogP contribution in [-0.2, 0) is 16.1 Å². The molecule has 2 heterocycles. The van der Waals surface area contributed by atoms with Crippen LogP contribution in [-0.4, -0.2) is 35.8 Å². The number of para-hydroxylation sites is 1. The number of carbonyl (C=O) groups is 2. The molecule has 1 aromatic heterocycles. The smallest absolute Gasteiger partial charge is 0.241 e. The van der Waals surface area contributed by atoms with Gasteiger partial charge in [-0.1, -0.05) is 18.2 Å². The molecule has 132 valence electrons. The van der Waals surface area contributed by atoms with Crippen LogP contribution in [0, 0.1) is 6.92 Å². The molecule has 0 saturated carbocycles. The Kier molecular flexibility index (Phi) is 5.20. The van der Waals surface area contributed by atoms with Crippen LogP contribution in [0.4, 0.5) is 10.7 Å². The second-order valence-corrected chi connectivity index (χ2v) is 7.68. The van der Waals surface area contributed by atoms with Crippen LogP contribution in [0.25, 0.3) is 0 Å². The van der Waals surface area contributed by atoms with Crippen molar-refractivity contribution >= 4 is 33.8 Å². The van der Waals surface area contributed by atoms with Gasteiger partial charge >= 0.3 is 0 Å². The molecule has 1 N–H and O–H groups in total. The molecule has 1 aliphatic heterocycles. The Hall–Kier alpha value is -2.18. The fraction of sp³-hybridized carbons (Fsp3) is 0.368. The van der Waals surface area contributed by atoms with E-state index in [0.29, 0.717) is 6.54 Å². The van der Waals surface area contributed by atoms with E-state index in [-0.39, 0.29) is 17.9 Å². The van der Waals surface area contributed by atoms with Gasteiger partial charge in [-0.25, -0.2) is 0 Å². The van der Waals surface area contributed by atoms with Crippen molar-refractivity contribution in [2.45, 2.75) is 33.4 Å². The largest absolute Gasteiger partial charge is 0.318 e. The molecule has 1 aromatic carbocycles. The second kappa shape index (κ2) is 7.37. The Balaban J connectivity index is 1.68. The summed E-state index contributed by atoms with van der Waals surface area (Å²) >= 11 is 1.56. The first-order chi connectivity index (χ1) is 11.9. The summed E-state index contributed by atoms with van der Waals surface area (Å²) in [6, 6.07) is 12.1. The molecule has 0 aliphatic carbocycles. The lowest BCUT2D eigenvalue weighted by Crippen LogP contribution is -2.55. The molecule has 2 amide bonds. The van der Waals surface area contributed by atoms with Crippen LogP contribution in [0.5, 0.6) is 0 Å². The third-order valence-electron chi connectivity index (χ3n) is 4.31. The molecule has 1 unspecified atom stereocenters. The monoisotopic (exact) mass is 357 g/mol. The molecule has 0 bridgehead atoms. The molecule has 1 aliphatic rings. The fourth-order valence-corrected chi connectivity index (χ4v) is 4.28. The van der Waals surface area contributed by atoms with Gasteiger partial charge in [0.25, 0.3) is 0 Å². The predicted molar refractivity (Wildman–Crippen MR) is 102 cm³/mol. The molecule has 5 nitrogen and oxygen atoms in total. The van der Waals surface area contributed by atoms with Gasteiger partial charge in [0.1, 0.15) is 0 Å². The van der Waals surface area contributed by atoms with E-state index in [0.717, 1.165) is 34.2 Å². The first kappa shape index (κ1) is 17.6. The van der Waals surface area contributed by atoms with Gasteiger partial charge in [0.05, 0.1) is 11.5 Å². The Morgan fingerprint density at radius 3 is 2.72 bits per heavy atom. The highest BCUT2D eigenvalue weighted by Gasteiger charge is 2.31. The molecule has 1 atom stereocenters. The van der Waals surface area contributed by atoms with E-state index in [4.69, 9.17) is 0 Å². The first-order valence-electron chi connectivity index (χ1n) is 8.40. The second-order valence-electron chi connectivity index (χ2n) is 6.52. The number of hydrogen-bond acceptors (Lipinski definition) is 4. The summed E-state index contributed by atoms with van der Waals surface area (Å²) in [6.07, 6.45) is 0. The minimum Gasteiger partial charge on any atom is -0.318 e. The normalized spacial score (nSPS) is 18.4. The predicted octanol–water partition coefficient (Wildman–Crippen LogP) is 3.25. The lowest BCUT2D eigenvalue weighted by Gasteiger charge is -2.40. The zero-order valence-electron chi connectivity index (χ0n) is 14.8. The summed E-state index contributed by atoms with van der Waals surface area (Å²) in [5, 5.41) is 3.65. The van der Waals surface area contributed by atoms with E-state index in [1.54, 1.807) is 11.3 Å². The van der Waals surface area contributed by atoms with E-state index in [1.807, 2.05) is 48.2 Å². The maximum Gasteiger partial charge on any atom is 0.241 e. The minimum absolute atomic E-state index is 0.0657. The highest BCUT2D eigenvalue weighted by atomic mass is 32.1. The van der Waals surface area contributed by atoms with Crippen LogP contribution >= 0.6 is 11.3 Å². The summed E-state index contributed by atoms with van der Waals surface area (Å²) in [6.45, 7) is 7.59. The number of hydrogen-bond donors (Lipinski definition) is 1. The number of carbonyl (C=O) groups excluding carboxylic acids is 2. The van der Waals surface area contributed by atoms with Crippen molar-refractivity contribution in [2.24, 2.45) is 0 Å². The maximum atomic E-state index is 12.7. The van der Waals surface area contributed by atoms with E-state index in [1.165, 1.54) is 6.92 Å². The summed E-state index contributed by atoms with van der Waals surface area (Å²) < 4.78 is 0. The Morgan fingerprint density at radius 1 is 1.28 bits per heavy atom. The van der Waals surface area contributed by atoms with Crippen molar-refractivity contribution in [3.8, 4) is 0 Å². The summed E-state index contributed by atoms with van der Waals surface area (Å²) in [7, 11) is 0. The molecule has 6 heteroatoms. The standard InChI is InChI=1S/C19H23N3O2S/c1-13-6-4-5-7-17(13)22-14(2)10-21(12-19(22)24)11-16-8-9-18(25-16)20-15(3)23/h4-9,14H,10-12H2,1-3H3,(H,20,23). The number of thiophene rings is 1. The number of nitrogens with zero attached hydrogens (tertiary/aromatic N) is 2. The SMILES string of the molecule is CC(=O)Nc1ccc(CN2CC(=O)N(c3ccccc3C)C(C)C2)s1. The Bertz CT molecular complexity index is 786. The molecule has 0 radical (unpaired) electrons. The Morgan fingerprint density at radius 2 is 2.04 bits per heavy atom. The van der Waals surface area contributed by atoms with Crippen molar-refractivity contribution in [1.29, 1.82) is 0 Å². The van der Waals surface area contributed by atoms with Crippen molar-refractivity contribution in [3.05, 3.63) is 46.8 Å². The lowest BCUT2D eigenvalue weighted by molar-refractivity contribution is -0.122. The third-order valence-corrected chi connectivity index (χ3v) is 5.29. The molecule has 1 saturated heterocycles. The number of amides is 2. The molecule has 25 heavy (non-hydrogen) atoms. The Labute approximate surface area is 152 Å². The van der Waals surface area contributed by atoms with Crippen LogP contribution in [0.15, 0.2) is 36.4 Å². The van der Waals surface area contributed by atoms with E-state index in [2.05, 4.69) is 17.1 Å². The van der Waals surface area contributed by atoms with Gasteiger partial charge in [-0.2, -0.15) is 0 Å². The van der Waals surface area contributed by atoms with Crippen LogP contribution in [0.3, 0.4) is 0 Å². The number of benzene rings is 1. The molecule has 1 fully saturated rings.